The van der Waals surface area contributed by atoms with Crippen molar-refractivity contribution >= 4 is 24.1 Å². The van der Waals surface area contributed by atoms with E-state index in [1.54, 1.807) is 6.20 Å². The van der Waals surface area contributed by atoms with Gasteiger partial charge in [0.1, 0.15) is 0 Å². The molecule has 4 rings (SSSR count). The fourth-order valence-electron chi connectivity index (χ4n) is 5.38. The standard InChI is InChI=1S/C31H39N3O.ClH.H2O/c1-22(2)28-13-8-14-29(23(3)4)30(28)33-31(35)34(21-24-10-9-19-32-20-24)27-17-15-26(16-18-27)25-11-6-5-7-12-25;;/h5-14,19-20,22-23,26-27H,15-18,21H2,1-4H3,(H,33,35);1H;1H2/t26-,27-;;. The minimum absolute atomic E-state index is 0. The van der Waals surface area contributed by atoms with Gasteiger partial charge in [0.25, 0.3) is 0 Å². The summed E-state index contributed by atoms with van der Waals surface area (Å²) in [4.78, 5) is 20.3. The maximum Gasteiger partial charge on any atom is 0.322 e. The monoisotopic (exact) mass is 523 g/mol. The van der Waals surface area contributed by atoms with Crippen LogP contribution in [0.2, 0.25) is 0 Å². The molecule has 1 saturated carbocycles. The highest BCUT2D eigenvalue weighted by molar-refractivity contribution is 5.91. The van der Waals surface area contributed by atoms with E-state index in [1.807, 2.05) is 12.3 Å². The van der Waals surface area contributed by atoms with Gasteiger partial charge >= 0.3 is 6.03 Å². The van der Waals surface area contributed by atoms with Crippen molar-refractivity contribution in [3.8, 4) is 0 Å². The van der Waals surface area contributed by atoms with E-state index in [0.717, 1.165) is 36.9 Å². The van der Waals surface area contributed by atoms with Crippen LogP contribution in [0, 0.1) is 0 Å². The average Bonchev–Trinajstić information content (AvgIpc) is 2.88. The lowest BCUT2D eigenvalue weighted by atomic mass is 9.81. The minimum Gasteiger partial charge on any atom is -0.412 e. The van der Waals surface area contributed by atoms with Gasteiger partial charge in [0.2, 0.25) is 0 Å². The smallest absolute Gasteiger partial charge is 0.322 e. The first-order valence-electron chi connectivity index (χ1n) is 13.1. The molecule has 2 amide bonds. The van der Waals surface area contributed by atoms with Gasteiger partial charge in [-0.05, 0) is 71.8 Å². The molecule has 6 heteroatoms. The molecule has 1 aromatic heterocycles. The molecule has 1 aliphatic carbocycles. The summed E-state index contributed by atoms with van der Waals surface area (Å²) >= 11 is 0. The van der Waals surface area contributed by atoms with Crippen LogP contribution in [0.5, 0.6) is 0 Å². The van der Waals surface area contributed by atoms with E-state index in [2.05, 4.69) is 97.5 Å². The molecule has 0 aliphatic heterocycles. The summed E-state index contributed by atoms with van der Waals surface area (Å²) in [6, 6.07) is 21.4. The molecule has 0 spiro atoms. The Kier molecular flexibility index (Phi) is 11.6. The quantitative estimate of drug-likeness (QED) is 0.344. The SMILES string of the molecule is CC(C)c1cccc(C(C)C)c1NC(=O)N(Cc1cccnc1)[C@H]1CC[C@H](c2ccccc2)CC1.Cl.O. The zero-order valence-corrected chi connectivity index (χ0v) is 23.3. The van der Waals surface area contributed by atoms with Gasteiger partial charge in [-0.1, -0.05) is 82.3 Å². The Morgan fingerprint density at radius 1 is 0.892 bits per heavy atom. The van der Waals surface area contributed by atoms with E-state index >= 15 is 0 Å². The number of hydrogen-bond donors (Lipinski definition) is 1. The zero-order chi connectivity index (χ0) is 24.8. The van der Waals surface area contributed by atoms with Crippen LogP contribution in [-0.2, 0) is 6.54 Å². The molecule has 0 bridgehead atoms. The highest BCUT2D eigenvalue weighted by Crippen LogP contribution is 2.36. The summed E-state index contributed by atoms with van der Waals surface area (Å²) < 4.78 is 0. The summed E-state index contributed by atoms with van der Waals surface area (Å²) in [5.41, 5.74) is 5.85. The predicted octanol–water partition coefficient (Wildman–Crippen LogP) is 7.69. The van der Waals surface area contributed by atoms with Crippen molar-refractivity contribution in [1.82, 2.24) is 9.88 Å². The topological polar surface area (TPSA) is 76.7 Å². The van der Waals surface area contributed by atoms with Crippen molar-refractivity contribution < 1.29 is 10.3 Å². The summed E-state index contributed by atoms with van der Waals surface area (Å²) in [5, 5.41) is 3.37. The normalized spacial score (nSPS) is 17.0. The number of pyridine rings is 1. The van der Waals surface area contributed by atoms with Gasteiger partial charge in [0, 0.05) is 30.7 Å². The molecule has 2 aromatic carbocycles. The van der Waals surface area contributed by atoms with Crippen LogP contribution in [0.25, 0.3) is 0 Å². The van der Waals surface area contributed by atoms with E-state index in [0.29, 0.717) is 24.3 Å². The lowest BCUT2D eigenvalue weighted by molar-refractivity contribution is 0.158. The first-order valence-corrected chi connectivity index (χ1v) is 13.1. The molecule has 0 unspecified atom stereocenters. The van der Waals surface area contributed by atoms with E-state index in [-0.39, 0.29) is 30.0 Å². The van der Waals surface area contributed by atoms with E-state index in [9.17, 15) is 4.79 Å². The second kappa shape index (κ2) is 14.2. The Morgan fingerprint density at radius 3 is 2.05 bits per heavy atom. The number of rotatable bonds is 7. The van der Waals surface area contributed by atoms with Crippen LogP contribution < -0.4 is 5.32 Å². The van der Waals surface area contributed by atoms with E-state index in [4.69, 9.17) is 0 Å². The number of para-hydroxylation sites is 1. The fourth-order valence-corrected chi connectivity index (χ4v) is 5.38. The number of aromatic nitrogens is 1. The molecule has 3 aromatic rings. The van der Waals surface area contributed by atoms with Crippen molar-refractivity contribution in [2.45, 2.75) is 83.7 Å². The van der Waals surface area contributed by atoms with Crippen LogP contribution in [-0.4, -0.2) is 27.4 Å². The Balaban J connectivity index is 0.00000241. The number of benzene rings is 2. The van der Waals surface area contributed by atoms with Crippen molar-refractivity contribution in [3.05, 3.63) is 95.3 Å². The number of hydrogen-bond acceptors (Lipinski definition) is 2. The molecular formula is C31H42ClN3O2. The van der Waals surface area contributed by atoms with Crippen molar-refractivity contribution in [2.24, 2.45) is 0 Å². The third kappa shape index (κ3) is 7.56. The first-order chi connectivity index (χ1) is 16.9. The number of carbonyl (C=O) groups excluding carboxylic acids is 1. The average molecular weight is 524 g/mol. The number of amides is 2. The lowest BCUT2D eigenvalue weighted by Crippen LogP contribution is -2.44. The van der Waals surface area contributed by atoms with Crippen molar-refractivity contribution in [3.63, 3.8) is 0 Å². The molecule has 200 valence electrons. The fraction of sp³-hybridized carbons (Fsp3) is 0.419. The zero-order valence-electron chi connectivity index (χ0n) is 22.5. The van der Waals surface area contributed by atoms with Crippen LogP contribution >= 0.6 is 12.4 Å². The third-order valence-electron chi connectivity index (χ3n) is 7.35. The highest BCUT2D eigenvalue weighted by atomic mass is 35.5. The molecule has 3 N–H and O–H groups in total. The Morgan fingerprint density at radius 2 is 1.51 bits per heavy atom. The van der Waals surface area contributed by atoms with E-state index < -0.39 is 0 Å². The molecule has 0 radical (unpaired) electrons. The summed E-state index contributed by atoms with van der Waals surface area (Å²) in [7, 11) is 0. The van der Waals surface area contributed by atoms with Gasteiger partial charge in [-0.3, -0.25) is 4.98 Å². The molecule has 1 fully saturated rings. The second-order valence-electron chi connectivity index (χ2n) is 10.5. The summed E-state index contributed by atoms with van der Waals surface area (Å²) in [5.74, 6) is 1.24. The van der Waals surface area contributed by atoms with Crippen LogP contribution in [0.1, 0.15) is 93.4 Å². The second-order valence-corrected chi connectivity index (χ2v) is 10.5. The van der Waals surface area contributed by atoms with Gasteiger partial charge in [0.05, 0.1) is 0 Å². The Hall–Kier alpha value is -2.89. The molecule has 37 heavy (non-hydrogen) atoms. The van der Waals surface area contributed by atoms with Gasteiger partial charge in [-0.2, -0.15) is 0 Å². The van der Waals surface area contributed by atoms with Crippen LogP contribution in [0.15, 0.2) is 73.1 Å². The first kappa shape index (κ1) is 30.3. The number of halogens is 1. The predicted molar refractivity (Wildman–Crippen MR) is 156 cm³/mol. The molecule has 5 nitrogen and oxygen atoms in total. The number of urea groups is 1. The third-order valence-corrected chi connectivity index (χ3v) is 7.35. The number of anilines is 1. The summed E-state index contributed by atoms with van der Waals surface area (Å²) in [6.07, 6.45) is 7.88. The van der Waals surface area contributed by atoms with E-state index in [1.165, 1.54) is 16.7 Å². The van der Waals surface area contributed by atoms with Crippen LogP contribution in [0.4, 0.5) is 10.5 Å². The minimum atomic E-state index is -0.00739. The number of nitrogens with zero attached hydrogens (tertiary/aromatic N) is 2. The Bertz CT molecular complexity index is 1070. The number of carbonyl (C=O) groups is 1. The molecular weight excluding hydrogens is 482 g/mol. The maximum absolute atomic E-state index is 13.9. The van der Waals surface area contributed by atoms with Gasteiger partial charge < -0.3 is 15.7 Å². The highest BCUT2D eigenvalue weighted by Gasteiger charge is 2.30. The van der Waals surface area contributed by atoms with Crippen molar-refractivity contribution in [1.29, 1.82) is 0 Å². The van der Waals surface area contributed by atoms with Gasteiger partial charge in [-0.15, -0.1) is 12.4 Å². The summed E-state index contributed by atoms with van der Waals surface area (Å²) in [6.45, 7) is 9.32. The molecule has 0 atom stereocenters. The Labute approximate surface area is 228 Å². The van der Waals surface area contributed by atoms with Crippen LogP contribution in [0.3, 0.4) is 0 Å². The van der Waals surface area contributed by atoms with Gasteiger partial charge in [-0.25, -0.2) is 4.79 Å². The number of nitrogens with one attached hydrogen (secondary N) is 1. The van der Waals surface area contributed by atoms with Crippen molar-refractivity contribution in [2.75, 3.05) is 5.32 Å². The maximum atomic E-state index is 13.9. The molecule has 1 heterocycles. The lowest BCUT2D eigenvalue weighted by Gasteiger charge is -2.37. The largest absolute Gasteiger partial charge is 0.412 e. The molecule has 1 aliphatic rings. The van der Waals surface area contributed by atoms with Gasteiger partial charge in [0.15, 0.2) is 0 Å². The molecule has 0 saturated heterocycles.